The van der Waals surface area contributed by atoms with E-state index in [1.54, 1.807) is 6.07 Å². The van der Waals surface area contributed by atoms with Crippen molar-refractivity contribution in [2.45, 2.75) is 88.3 Å². The molecule has 4 atom stereocenters. The molecule has 0 aliphatic heterocycles. The second-order valence-electron chi connectivity index (χ2n) is 10.5. The van der Waals surface area contributed by atoms with Gasteiger partial charge in [0.1, 0.15) is 5.75 Å². The van der Waals surface area contributed by atoms with Crippen LogP contribution in [0.25, 0.3) is 0 Å². The first-order chi connectivity index (χ1) is 16.2. The highest BCUT2D eigenvalue weighted by Gasteiger charge is 2.61. The summed E-state index contributed by atoms with van der Waals surface area (Å²) in [4.78, 5) is 15.1. The van der Waals surface area contributed by atoms with Crippen molar-refractivity contribution in [3.05, 3.63) is 29.3 Å². The molecule has 0 aromatic heterocycles. The molecule has 0 unspecified atom stereocenters. The molecular weight excluding hydrogens is 430 g/mol. The van der Waals surface area contributed by atoms with E-state index >= 15 is 0 Å². The molecule has 2 fully saturated rings. The number of phenols is 1. The van der Waals surface area contributed by atoms with E-state index in [-0.39, 0.29) is 36.1 Å². The lowest BCUT2D eigenvalue weighted by Gasteiger charge is -2.61. The van der Waals surface area contributed by atoms with Crippen LogP contribution in [0.4, 0.5) is 0 Å². The highest BCUT2D eigenvalue weighted by Crippen LogP contribution is 2.56. The zero-order chi connectivity index (χ0) is 24.5. The maximum Gasteiger partial charge on any atom is 0.221 e. The lowest BCUT2D eigenvalue weighted by molar-refractivity contribution is -0.145. The Morgan fingerprint density at radius 2 is 2.06 bits per heavy atom. The molecule has 0 spiro atoms. The van der Waals surface area contributed by atoms with Crippen molar-refractivity contribution in [2.24, 2.45) is 11.7 Å². The minimum Gasteiger partial charge on any atom is -0.508 e. The van der Waals surface area contributed by atoms with E-state index in [0.29, 0.717) is 19.4 Å². The number of fused-ring (bicyclic) bond motifs is 3. The van der Waals surface area contributed by atoms with E-state index in [4.69, 9.17) is 11.1 Å². The van der Waals surface area contributed by atoms with E-state index in [1.807, 2.05) is 12.1 Å². The Hall–Kier alpha value is -2.32. The zero-order valence-corrected chi connectivity index (χ0v) is 20.6. The van der Waals surface area contributed by atoms with E-state index in [9.17, 15) is 15.0 Å². The number of aromatic hydroxyl groups is 1. The molecule has 0 radical (unpaired) electrons. The largest absolute Gasteiger partial charge is 0.508 e. The van der Waals surface area contributed by atoms with Gasteiger partial charge in [0.2, 0.25) is 5.91 Å². The highest BCUT2D eigenvalue weighted by atomic mass is 16.3. The fourth-order valence-electron chi connectivity index (χ4n) is 6.64. The lowest BCUT2D eigenvalue weighted by Crippen LogP contribution is -2.70. The maximum atomic E-state index is 12.6. The van der Waals surface area contributed by atoms with E-state index in [0.717, 1.165) is 43.8 Å². The molecule has 3 aliphatic carbocycles. The SMILES string of the molecule is CCN(CC1CC1)[C@@H]1Cc2ccc(O)cc2[C@@]2(CC)C[C@H](NC(=O)CCNC(=N)N)CC[C@@]12O. The van der Waals surface area contributed by atoms with Gasteiger partial charge >= 0.3 is 0 Å². The summed E-state index contributed by atoms with van der Waals surface area (Å²) in [6.45, 7) is 6.56. The molecule has 4 rings (SSSR count). The van der Waals surface area contributed by atoms with Gasteiger partial charge in [-0.2, -0.15) is 0 Å². The Morgan fingerprint density at radius 1 is 1.29 bits per heavy atom. The van der Waals surface area contributed by atoms with Crippen LogP contribution >= 0.6 is 0 Å². The van der Waals surface area contributed by atoms with E-state index in [1.165, 1.54) is 18.4 Å². The van der Waals surface area contributed by atoms with Crippen molar-refractivity contribution in [1.29, 1.82) is 5.41 Å². The number of carbonyl (C=O) groups is 1. The molecule has 1 aromatic rings. The number of guanidine groups is 1. The summed E-state index contributed by atoms with van der Waals surface area (Å²) in [6.07, 6.45) is 6.27. The fraction of sp³-hybridized carbons (Fsp3) is 0.692. The molecular formula is C26H41N5O3. The molecule has 188 valence electrons. The minimum absolute atomic E-state index is 0.0199. The van der Waals surface area contributed by atoms with Crippen molar-refractivity contribution in [2.75, 3.05) is 19.6 Å². The Bertz CT molecular complexity index is 920. The summed E-state index contributed by atoms with van der Waals surface area (Å²) in [5.74, 6) is 0.735. The normalized spacial score (nSPS) is 30.4. The van der Waals surface area contributed by atoms with Gasteiger partial charge in [-0.3, -0.25) is 15.1 Å². The van der Waals surface area contributed by atoms with Crippen LogP contribution in [0.15, 0.2) is 18.2 Å². The number of rotatable bonds is 9. The molecule has 8 heteroatoms. The molecule has 0 bridgehead atoms. The Labute approximate surface area is 202 Å². The molecule has 7 N–H and O–H groups in total. The smallest absolute Gasteiger partial charge is 0.221 e. The van der Waals surface area contributed by atoms with Crippen LogP contribution in [0.3, 0.4) is 0 Å². The number of amides is 1. The van der Waals surface area contributed by atoms with Crippen LogP contribution in [0.1, 0.15) is 69.9 Å². The van der Waals surface area contributed by atoms with Gasteiger partial charge in [-0.1, -0.05) is 19.9 Å². The average Bonchev–Trinajstić information content (AvgIpc) is 3.62. The average molecular weight is 472 g/mol. The van der Waals surface area contributed by atoms with Crippen molar-refractivity contribution in [1.82, 2.24) is 15.5 Å². The second-order valence-corrected chi connectivity index (χ2v) is 10.5. The zero-order valence-electron chi connectivity index (χ0n) is 20.6. The van der Waals surface area contributed by atoms with Gasteiger partial charge in [0, 0.05) is 37.0 Å². The number of likely N-dealkylation sites (N-methyl/N-ethyl adjacent to an activating group) is 1. The van der Waals surface area contributed by atoms with Gasteiger partial charge in [-0.25, -0.2) is 0 Å². The van der Waals surface area contributed by atoms with Crippen LogP contribution in [0.2, 0.25) is 0 Å². The monoisotopic (exact) mass is 471 g/mol. The van der Waals surface area contributed by atoms with Gasteiger partial charge in [0.15, 0.2) is 5.96 Å². The van der Waals surface area contributed by atoms with E-state index < -0.39 is 11.0 Å². The molecule has 2 saturated carbocycles. The minimum atomic E-state index is -0.926. The van der Waals surface area contributed by atoms with Crippen molar-refractivity contribution >= 4 is 11.9 Å². The number of carbonyl (C=O) groups excluding carboxylic acids is 1. The highest BCUT2D eigenvalue weighted by molar-refractivity contribution is 5.78. The number of hydrogen-bond donors (Lipinski definition) is 6. The second kappa shape index (κ2) is 9.74. The first kappa shape index (κ1) is 24.8. The standard InChI is InChI=1S/C26H41N5O3/c1-3-25-15-19(30-23(33)10-12-29-24(27)28)9-11-26(25,34)22(31(4-2)16-17-5-6-17)13-18-7-8-20(32)14-21(18)25/h7-8,14,17,19,22,32,34H,3-6,9-13,15-16H2,1-2H3,(H,30,33)(H4,27,28,29)/t19-,22-,25-,26-/m1/s1. The molecule has 34 heavy (non-hydrogen) atoms. The number of nitrogens with zero attached hydrogens (tertiary/aromatic N) is 1. The Kier molecular flexibility index (Phi) is 7.10. The van der Waals surface area contributed by atoms with Gasteiger partial charge in [-0.05, 0) is 80.7 Å². The number of nitrogens with one attached hydrogen (secondary N) is 3. The summed E-state index contributed by atoms with van der Waals surface area (Å²) < 4.78 is 0. The third-order valence-corrected chi connectivity index (χ3v) is 8.54. The summed E-state index contributed by atoms with van der Waals surface area (Å²) >= 11 is 0. The molecule has 3 aliphatic rings. The third kappa shape index (κ3) is 4.62. The summed E-state index contributed by atoms with van der Waals surface area (Å²) in [5.41, 5.74) is 6.07. The number of nitrogens with two attached hydrogens (primary N) is 1. The maximum absolute atomic E-state index is 12.6. The molecule has 0 saturated heterocycles. The summed E-state index contributed by atoms with van der Waals surface area (Å²) in [6, 6.07) is 5.59. The molecule has 1 aromatic carbocycles. The van der Waals surface area contributed by atoms with Crippen molar-refractivity contribution in [3.63, 3.8) is 0 Å². The van der Waals surface area contributed by atoms with Gasteiger partial charge in [-0.15, -0.1) is 0 Å². The molecule has 8 nitrogen and oxygen atoms in total. The molecule has 0 heterocycles. The molecule has 1 amide bonds. The van der Waals surface area contributed by atoms with Crippen LogP contribution in [-0.4, -0.2) is 64.3 Å². The van der Waals surface area contributed by atoms with Crippen molar-refractivity contribution in [3.8, 4) is 5.75 Å². The predicted octanol–water partition coefficient (Wildman–Crippen LogP) is 1.97. The van der Waals surface area contributed by atoms with Crippen molar-refractivity contribution < 1.29 is 15.0 Å². The fourth-order valence-corrected chi connectivity index (χ4v) is 6.64. The Balaban J connectivity index is 1.63. The first-order valence-corrected chi connectivity index (χ1v) is 12.9. The first-order valence-electron chi connectivity index (χ1n) is 12.9. The van der Waals surface area contributed by atoms with Gasteiger partial charge in [0.05, 0.1) is 5.60 Å². The van der Waals surface area contributed by atoms with E-state index in [2.05, 4.69) is 29.4 Å². The number of phenolic OH excluding ortho intramolecular Hbond substituents is 1. The predicted molar refractivity (Wildman–Crippen MR) is 133 cm³/mol. The van der Waals surface area contributed by atoms with Crippen LogP contribution in [-0.2, 0) is 16.6 Å². The number of benzene rings is 1. The van der Waals surface area contributed by atoms with Crippen LogP contribution in [0, 0.1) is 11.3 Å². The van der Waals surface area contributed by atoms with Gasteiger partial charge < -0.3 is 26.6 Å². The van der Waals surface area contributed by atoms with Crippen LogP contribution in [0.5, 0.6) is 5.75 Å². The summed E-state index contributed by atoms with van der Waals surface area (Å²) in [7, 11) is 0. The lowest BCUT2D eigenvalue weighted by atomic mass is 9.50. The van der Waals surface area contributed by atoms with Gasteiger partial charge in [0.25, 0.3) is 0 Å². The number of aliphatic hydroxyl groups is 1. The quantitative estimate of drug-likeness (QED) is 0.241. The van der Waals surface area contributed by atoms with Crippen LogP contribution < -0.4 is 16.4 Å². The number of hydrogen-bond acceptors (Lipinski definition) is 5. The summed E-state index contributed by atoms with van der Waals surface area (Å²) in [5, 5.41) is 36.0. The third-order valence-electron chi connectivity index (χ3n) is 8.54. The topological polar surface area (TPSA) is 135 Å². The Morgan fingerprint density at radius 3 is 2.71 bits per heavy atom.